The summed E-state index contributed by atoms with van der Waals surface area (Å²) in [5, 5.41) is 14.8. The molecule has 0 aliphatic heterocycles. The van der Waals surface area contributed by atoms with Gasteiger partial charge in [-0.2, -0.15) is 0 Å². The van der Waals surface area contributed by atoms with E-state index in [1.807, 2.05) is 26.8 Å². The van der Waals surface area contributed by atoms with Gasteiger partial charge in [0.05, 0.1) is 18.3 Å². The van der Waals surface area contributed by atoms with Crippen molar-refractivity contribution in [2.24, 2.45) is 0 Å². The molecule has 0 radical (unpaired) electrons. The van der Waals surface area contributed by atoms with Crippen molar-refractivity contribution in [2.75, 3.05) is 0 Å². The van der Waals surface area contributed by atoms with Gasteiger partial charge in [0, 0.05) is 28.3 Å². The van der Waals surface area contributed by atoms with Gasteiger partial charge in [-0.25, -0.2) is 4.79 Å². The number of benzene rings is 1. The average molecular weight is 370 g/mol. The second-order valence-corrected chi connectivity index (χ2v) is 6.77. The number of hydrogen-bond acceptors (Lipinski definition) is 6. The van der Waals surface area contributed by atoms with E-state index in [4.69, 9.17) is 8.83 Å². The van der Waals surface area contributed by atoms with Crippen LogP contribution >= 0.6 is 0 Å². The van der Waals surface area contributed by atoms with E-state index in [2.05, 4.69) is 5.32 Å². The number of nitrogens with one attached hydrogen (secondary N) is 1. The molecule has 0 saturated heterocycles. The molecule has 2 heterocycles. The van der Waals surface area contributed by atoms with Crippen molar-refractivity contribution < 1.29 is 23.5 Å². The predicted molar refractivity (Wildman–Crippen MR) is 97.4 cm³/mol. The first-order valence-corrected chi connectivity index (χ1v) is 8.64. The molecule has 1 N–H and O–H groups in total. The zero-order chi connectivity index (χ0) is 19.9. The summed E-state index contributed by atoms with van der Waals surface area (Å²) in [7, 11) is 0. The van der Waals surface area contributed by atoms with Crippen LogP contribution in [0.4, 0.5) is 0 Å². The summed E-state index contributed by atoms with van der Waals surface area (Å²) in [5.74, 6) is -1.83. The number of fused-ring (bicyclic) bond motifs is 2. The van der Waals surface area contributed by atoms with Crippen LogP contribution in [0, 0.1) is 20.8 Å². The quantitative estimate of drug-likeness (QED) is 0.684. The first-order chi connectivity index (χ1) is 12.7. The number of amides is 1. The molecule has 3 rings (SSSR count). The van der Waals surface area contributed by atoms with Crippen LogP contribution in [-0.2, 0) is 16.0 Å². The zero-order valence-electron chi connectivity index (χ0n) is 15.6. The molecule has 3 aromatic rings. The Morgan fingerprint density at radius 3 is 2.52 bits per heavy atom. The predicted octanol–water partition coefficient (Wildman–Crippen LogP) is 1.65. The molecule has 142 valence electrons. The van der Waals surface area contributed by atoms with Gasteiger partial charge in [-0.1, -0.05) is 0 Å². The first kappa shape index (κ1) is 18.7. The third kappa shape index (κ3) is 3.32. The average Bonchev–Trinajstić information content (AvgIpc) is 2.97. The summed E-state index contributed by atoms with van der Waals surface area (Å²) in [6.45, 7) is 6.92. The van der Waals surface area contributed by atoms with Gasteiger partial charge in [-0.3, -0.25) is 4.79 Å². The van der Waals surface area contributed by atoms with Crippen LogP contribution in [0.25, 0.3) is 21.9 Å². The number of carbonyl (C=O) groups is 2. The minimum Gasteiger partial charge on any atom is -0.548 e. The Hall–Kier alpha value is -3.09. The number of aryl methyl sites for hydroxylation is 3. The fourth-order valence-corrected chi connectivity index (χ4v) is 3.22. The van der Waals surface area contributed by atoms with Gasteiger partial charge < -0.3 is 24.1 Å². The second-order valence-electron chi connectivity index (χ2n) is 6.77. The summed E-state index contributed by atoms with van der Waals surface area (Å²) in [4.78, 5) is 35.1. The van der Waals surface area contributed by atoms with Crippen molar-refractivity contribution in [3.05, 3.63) is 45.0 Å². The summed E-state index contributed by atoms with van der Waals surface area (Å²) in [5.41, 5.74) is 3.53. The smallest absolute Gasteiger partial charge is 0.339 e. The molecule has 1 atom stereocenters. The highest BCUT2D eigenvalue weighted by atomic mass is 16.4. The number of hydrogen-bond donors (Lipinski definition) is 1. The number of carbonyl (C=O) groups excluding carboxylic acids is 2. The first-order valence-electron chi connectivity index (χ1n) is 8.64. The van der Waals surface area contributed by atoms with E-state index in [9.17, 15) is 19.5 Å². The molecular weight excluding hydrogens is 350 g/mol. The molecule has 1 aromatic carbocycles. The molecule has 1 amide bonds. The van der Waals surface area contributed by atoms with E-state index in [1.54, 1.807) is 6.26 Å². The second kappa shape index (κ2) is 6.90. The van der Waals surface area contributed by atoms with Crippen LogP contribution in [0.2, 0.25) is 0 Å². The topological polar surface area (TPSA) is 113 Å². The Kier molecular flexibility index (Phi) is 4.78. The van der Waals surface area contributed by atoms with Crippen molar-refractivity contribution in [1.29, 1.82) is 0 Å². The molecule has 0 aliphatic carbocycles. The van der Waals surface area contributed by atoms with E-state index in [0.29, 0.717) is 16.7 Å². The minimum absolute atomic E-state index is 0.0271. The summed E-state index contributed by atoms with van der Waals surface area (Å²) >= 11 is 0. The van der Waals surface area contributed by atoms with Gasteiger partial charge in [0.2, 0.25) is 5.91 Å². The van der Waals surface area contributed by atoms with E-state index in [0.717, 1.165) is 27.5 Å². The fourth-order valence-electron chi connectivity index (χ4n) is 3.22. The maximum Gasteiger partial charge on any atom is 0.339 e. The Balaban J connectivity index is 1.98. The lowest BCUT2D eigenvalue weighted by atomic mass is 9.98. The lowest BCUT2D eigenvalue weighted by Crippen LogP contribution is -2.46. The van der Waals surface area contributed by atoms with Gasteiger partial charge in [0.1, 0.15) is 11.2 Å². The Morgan fingerprint density at radius 2 is 1.85 bits per heavy atom. The maximum absolute atomic E-state index is 12.5. The maximum atomic E-state index is 12.5. The molecule has 0 saturated carbocycles. The highest BCUT2D eigenvalue weighted by Crippen LogP contribution is 2.32. The number of carboxylic acids is 1. The molecule has 27 heavy (non-hydrogen) atoms. The van der Waals surface area contributed by atoms with E-state index < -0.39 is 23.5 Å². The molecule has 7 heteroatoms. The lowest BCUT2D eigenvalue weighted by Gasteiger charge is -2.15. The van der Waals surface area contributed by atoms with Gasteiger partial charge in [0.25, 0.3) is 0 Å². The van der Waals surface area contributed by atoms with Crippen molar-refractivity contribution in [3.63, 3.8) is 0 Å². The lowest BCUT2D eigenvalue weighted by molar-refractivity contribution is -0.307. The normalized spacial score (nSPS) is 12.4. The molecule has 0 fully saturated rings. The third-order valence-electron chi connectivity index (χ3n) is 4.87. The van der Waals surface area contributed by atoms with Gasteiger partial charge in [-0.15, -0.1) is 0 Å². The molecule has 0 unspecified atom stereocenters. The zero-order valence-corrected chi connectivity index (χ0v) is 15.6. The van der Waals surface area contributed by atoms with Gasteiger partial charge >= 0.3 is 5.63 Å². The molecule has 0 aliphatic rings. The Labute approximate surface area is 155 Å². The van der Waals surface area contributed by atoms with Crippen LogP contribution in [-0.4, -0.2) is 17.9 Å². The standard InChI is InChI=1S/C20H21NO6/c1-9-8-26-17-11(3)18-15(7-14(9)17)10(2)13(20(25)27-18)5-6-16(22)21-12(4)19(23)24/h7-8,12H,5-6H2,1-4H3,(H,21,22)(H,23,24)/p-1/t12-/m0/s1. The van der Waals surface area contributed by atoms with E-state index >= 15 is 0 Å². The summed E-state index contributed by atoms with van der Waals surface area (Å²) < 4.78 is 11.1. The van der Waals surface area contributed by atoms with Crippen molar-refractivity contribution in [2.45, 2.75) is 46.6 Å². The van der Waals surface area contributed by atoms with Crippen LogP contribution in [0.15, 0.2) is 26.0 Å². The largest absolute Gasteiger partial charge is 0.548 e. The number of rotatable bonds is 5. The summed E-state index contributed by atoms with van der Waals surface area (Å²) in [6.07, 6.45) is 1.78. The Morgan fingerprint density at radius 1 is 1.15 bits per heavy atom. The van der Waals surface area contributed by atoms with Crippen LogP contribution in [0.5, 0.6) is 0 Å². The SMILES string of the molecule is Cc1coc2c(C)c3oc(=O)c(CCC(=O)N[C@@H](C)C(=O)[O-])c(C)c3cc12. The molecule has 7 nitrogen and oxygen atoms in total. The number of carboxylic acid groups (broad SMARTS) is 1. The molecule has 0 bridgehead atoms. The fraction of sp³-hybridized carbons (Fsp3) is 0.350. The summed E-state index contributed by atoms with van der Waals surface area (Å²) in [6, 6.07) is 0.836. The number of aliphatic carboxylic acids is 1. The third-order valence-corrected chi connectivity index (χ3v) is 4.87. The highest BCUT2D eigenvalue weighted by molar-refractivity contribution is 5.99. The van der Waals surface area contributed by atoms with Crippen LogP contribution < -0.4 is 16.0 Å². The van der Waals surface area contributed by atoms with E-state index in [1.165, 1.54) is 6.92 Å². The van der Waals surface area contributed by atoms with Crippen molar-refractivity contribution in [1.82, 2.24) is 5.32 Å². The molecule has 2 aromatic heterocycles. The Bertz CT molecular complexity index is 1120. The molecular formula is C20H20NO6-. The van der Waals surface area contributed by atoms with Gasteiger partial charge in [0.15, 0.2) is 0 Å². The highest BCUT2D eigenvalue weighted by Gasteiger charge is 2.18. The monoisotopic (exact) mass is 370 g/mol. The minimum atomic E-state index is -1.36. The molecule has 0 spiro atoms. The van der Waals surface area contributed by atoms with Crippen molar-refractivity contribution >= 4 is 33.8 Å². The van der Waals surface area contributed by atoms with Crippen molar-refractivity contribution in [3.8, 4) is 0 Å². The van der Waals surface area contributed by atoms with Gasteiger partial charge in [-0.05, 0) is 51.3 Å². The number of furan rings is 1. The van der Waals surface area contributed by atoms with Crippen LogP contribution in [0.1, 0.15) is 35.6 Å². The van der Waals surface area contributed by atoms with Crippen LogP contribution in [0.3, 0.4) is 0 Å². The van der Waals surface area contributed by atoms with E-state index in [-0.39, 0.29) is 12.8 Å².